The summed E-state index contributed by atoms with van der Waals surface area (Å²) >= 11 is 0. The third-order valence-corrected chi connectivity index (χ3v) is 13.8. The molecule has 2 nitrogen and oxygen atoms in total. The van der Waals surface area contributed by atoms with Gasteiger partial charge >= 0.3 is 0 Å². The lowest BCUT2D eigenvalue weighted by atomic mass is 9.87. The van der Waals surface area contributed by atoms with Crippen LogP contribution in [0, 0.1) is 0 Å². The Morgan fingerprint density at radius 2 is 0.688 bits per heavy atom. The highest BCUT2D eigenvalue weighted by molar-refractivity contribution is 6.37. The van der Waals surface area contributed by atoms with Gasteiger partial charge in [-0.25, -0.2) is 0 Å². The van der Waals surface area contributed by atoms with Gasteiger partial charge in [0, 0.05) is 33.5 Å². The Balaban J connectivity index is 1.03. The Morgan fingerprint density at radius 1 is 0.250 bits per heavy atom. The van der Waals surface area contributed by atoms with E-state index < -0.39 is 0 Å². The van der Waals surface area contributed by atoms with Crippen molar-refractivity contribution in [2.75, 3.05) is 4.90 Å². The summed E-state index contributed by atoms with van der Waals surface area (Å²) in [4.78, 5) is 2.44. The number of benzene rings is 12. The van der Waals surface area contributed by atoms with Crippen LogP contribution in [-0.2, 0) is 0 Å². The van der Waals surface area contributed by atoms with Gasteiger partial charge < -0.3 is 9.47 Å². The summed E-state index contributed by atoms with van der Waals surface area (Å²) in [5, 5.41) is 20.3. The van der Waals surface area contributed by atoms with Crippen LogP contribution >= 0.6 is 0 Å². The van der Waals surface area contributed by atoms with Gasteiger partial charge in [0.05, 0.1) is 11.0 Å². The first-order chi connectivity index (χ1) is 31.7. The van der Waals surface area contributed by atoms with Crippen LogP contribution in [0.25, 0.3) is 114 Å². The Kier molecular flexibility index (Phi) is 7.43. The second kappa shape index (κ2) is 13.5. The summed E-state index contributed by atoms with van der Waals surface area (Å²) < 4.78 is 2.39. The summed E-state index contributed by atoms with van der Waals surface area (Å²) in [6, 6.07) is 85.6. The lowest BCUT2D eigenvalue weighted by molar-refractivity contribution is 1.17. The fourth-order valence-corrected chi connectivity index (χ4v) is 11.0. The van der Waals surface area contributed by atoms with E-state index in [0.29, 0.717) is 0 Å². The van der Waals surface area contributed by atoms with Gasteiger partial charge in [-0.15, -0.1) is 0 Å². The molecule has 0 unspecified atom stereocenters. The second-order valence-corrected chi connectivity index (χ2v) is 17.3. The fourth-order valence-electron chi connectivity index (χ4n) is 11.0. The van der Waals surface area contributed by atoms with Gasteiger partial charge in [-0.1, -0.05) is 164 Å². The molecule has 0 saturated heterocycles. The van der Waals surface area contributed by atoms with E-state index in [0.717, 1.165) is 22.7 Å². The molecule has 1 aromatic heterocycles. The number of nitrogens with zero attached hydrogens (tertiary/aromatic N) is 2. The van der Waals surface area contributed by atoms with E-state index in [2.05, 4.69) is 240 Å². The van der Waals surface area contributed by atoms with Crippen molar-refractivity contribution >= 4 is 114 Å². The highest BCUT2D eigenvalue weighted by Crippen LogP contribution is 2.46. The van der Waals surface area contributed by atoms with E-state index in [1.165, 1.54) is 108 Å². The minimum Gasteiger partial charge on any atom is -0.310 e. The summed E-state index contributed by atoms with van der Waals surface area (Å²) in [6.45, 7) is 0. The summed E-state index contributed by atoms with van der Waals surface area (Å²) in [5.74, 6) is 0. The Bertz CT molecular complexity index is 4120. The molecule has 0 spiro atoms. The molecule has 0 bridgehead atoms. The molecule has 14 rings (SSSR count). The van der Waals surface area contributed by atoms with Crippen molar-refractivity contribution in [1.82, 2.24) is 4.57 Å². The molecule has 296 valence electrons. The zero-order valence-corrected chi connectivity index (χ0v) is 34.8. The molecular weight excluding hydrogens is 773 g/mol. The van der Waals surface area contributed by atoms with Crippen LogP contribution in [-0.4, -0.2) is 4.57 Å². The average Bonchev–Trinajstić information content (AvgIpc) is 3.70. The third kappa shape index (κ3) is 5.14. The molecule has 0 fully saturated rings. The maximum absolute atomic E-state index is 2.46. The van der Waals surface area contributed by atoms with Gasteiger partial charge in [0.1, 0.15) is 0 Å². The standard InChI is InChI=1S/C62H38N2/c1-2-11-44-36-45(26-22-39(44)10-1)40-28-30-47(31-29-40)63(48-32-34-49(35-33-48)64-57-20-5-3-15-51(57)52-16-4-6-21-58(52)64)50-37-46-27-25-43-13-8-18-54-53-17-7-12-41-23-24-42-14-9-19-55(61(42)59(41)53)56(38-50)62(46)60(43)54/h1-38H. The first kappa shape index (κ1) is 35.2. The molecule has 13 aromatic carbocycles. The van der Waals surface area contributed by atoms with Crippen molar-refractivity contribution in [1.29, 1.82) is 0 Å². The van der Waals surface area contributed by atoms with E-state index >= 15 is 0 Å². The predicted octanol–water partition coefficient (Wildman–Crippen LogP) is 17.4. The van der Waals surface area contributed by atoms with E-state index in [1.807, 2.05) is 0 Å². The van der Waals surface area contributed by atoms with Crippen LogP contribution in [0.3, 0.4) is 0 Å². The summed E-state index contributed by atoms with van der Waals surface area (Å²) in [6.07, 6.45) is 0. The van der Waals surface area contributed by atoms with Crippen LogP contribution in [0.2, 0.25) is 0 Å². The molecule has 0 atom stereocenters. The molecule has 0 saturated carbocycles. The Hall–Kier alpha value is -8.46. The lowest BCUT2D eigenvalue weighted by Gasteiger charge is -2.27. The van der Waals surface area contributed by atoms with E-state index in [1.54, 1.807) is 0 Å². The molecule has 0 aliphatic rings. The Labute approximate surface area is 369 Å². The zero-order chi connectivity index (χ0) is 41.9. The average molecular weight is 811 g/mol. The molecule has 1 heterocycles. The molecule has 64 heavy (non-hydrogen) atoms. The number of hydrogen-bond donors (Lipinski definition) is 0. The number of anilines is 3. The first-order valence-electron chi connectivity index (χ1n) is 22.2. The number of hydrogen-bond acceptors (Lipinski definition) is 1. The highest BCUT2D eigenvalue weighted by Gasteiger charge is 2.20. The third-order valence-electron chi connectivity index (χ3n) is 13.8. The van der Waals surface area contributed by atoms with Gasteiger partial charge in [0.15, 0.2) is 0 Å². The maximum Gasteiger partial charge on any atom is 0.0541 e. The summed E-state index contributed by atoms with van der Waals surface area (Å²) in [7, 11) is 0. The monoisotopic (exact) mass is 810 g/mol. The van der Waals surface area contributed by atoms with Crippen LogP contribution < -0.4 is 4.90 Å². The topological polar surface area (TPSA) is 8.17 Å². The van der Waals surface area contributed by atoms with Crippen molar-refractivity contribution in [3.8, 4) is 16.8 Å². The number of rotatable bonds is 5. The van der Waals surface area contributed by atoms with Crippen molar-refractivity contribution < 1.29 is 0 Å². The highest BCUT2D eigenvalue weighted by atomic mass is 15.1. The van der Waals surface area contributed by atoms with Gasteiger partial charge in [-0.2, -0.15) is 0 Å². The van der Waals surface area contributed by atoms with Crippen LogP contribution in [0.4, 0.5) is 17.1 Å². The predicted molar refractivity (Wildman–Crippen MR) is 275 cm³/mol. The van der Waals surface area contributed by atoms with Gasteiger partial charge in [0.25, 0.3) is 0 Å². The quantitative estimate of drug-likeness (QED) is 0.157. The largest absolute Gasteiger partial charge is 0.310 e. The van der Waals surface area contributed by atoms with Crippen molar-refractivity contribution in [2.24, 2.45) is 0 Å². The van der Waals surface area contributed by atoms with Gasteiger partial charge in [-0.3, -0.25) is 0 Å². The molecule has 0 N–H and O–H groups in total. The SMILES string of the molecule is c1ccc2cc(-c3ccc(N(c4ccc(-n5c6ccccc6c6ccccc65)cc4)c4cc5ccc6cccc7c8cccc9ccc%10cccc(c(c4)c5c67)c%10c98)cc3)ccc2c1. The number of para-hydroxylation sites is 2. The maximum atomic E-state index is 2.46. The molecule has 0 amide bonds. The fraction of sp³-hybridized carbons (Fsp3) is 0. The van der Waals surface area contributed by atoms with Crippen molar-refractivity contribution in [3.63, 3.8) is 0 Å². The molecule has 14 aromatic rings. The molecule has 2 heteroatoms. The second-order valence-electron chi connectivity index (χ2n) is 17.3. The van der Waals surface area contributed by atoms with Crippen molar-refractivity contribution in [3.05, 3.63) is 231 Å². The normalized spacial score (nSPS) is 12.1. The Morgan fingerprint density at radius 3 is 1.30 bits per heavy atom. The lowest BCUT2D eigenvalue weighted by Crippen LogP contribution is -2.10. The van der Waals surface area contributed by atoms with Crippen LogP contribution in [0.1, 0.15) is 0 Å². The molecule has 0 aliphatic heterocycles. The zero-order valence-electron chi connectivity index (χ0n) is 34.8. The van der Waals surface area contributed by atoms with E-state index in [-0.39, 0.29) is 0 Å². The summed E-state index contributed by atoms with van der Waals surface area (Å²) in [5.41, 5.74) is 9.24. The van der Waals surface area contributed by atoms with E-state index in [9.17, 15) is 0 Å². The molecule has 0 aliphatic carbocycles. The van der Waals surface area contributed by atoms with Gasteiger partial charge in [-0.05, 0) is 153 Å². The van der Waals surface area contributed by atoms with Crippen LogP contribution in [0.15, 0.2) is 231 Å². The molecule has 0 radical (unpaired) electrons. The molecular formula is C62H38N2. The minimum atomic E-state index is 1.09. The minimum absolute atomic E-state index is 1.09. The van der Waals surface area contributed by atoms with E-state index in [4.69, 9.17) is 0 Å². The first-order valence-corrected chi connectivity index (χ1v) is 22.2. The number of aromatic nitrogens is 1. The van der Waals surface area contributed by atoms with Gasteiger partial charge in [0.2, 0.25) is 0 Å². The smallest absolute Gasteiger partial charge is 0.0541 e. The number of fused-ring (bicyclic) bond motifs is 6. The van der Waals surface area contributed by atoms with Crippen LogP contribution in [0.5, 0.6) is 0 Å². The van der Waals surface area contributed by atoms with Crippen molar-refractivity contribution in [2.45, 2.75) is 0 Å².